The van der Waals surface area contributed by atoms with Crippen molar-refractivity contribution in [3.05, 3.63) is 46.7 Å². The summed E-state index contributed by atoms with van der Waals surface area (Å²) in [5, 5.41) is 11.8. The van der Waals surface area contributed by atoms with E-state index in [0.29, 0.717) is 30.3 Å². The fourth-order valence-electron chi connectivity index (χ4n) is 5.72. The molecule has 1 aliphatic heterocycles. The third-order valence-electron chi connectivity index (χ3n) is 8.54. The number of aryl methyl sites for hydroxylation is 2. The van der Waals surface area contributed by atoms with Crippen LogP contribution in [0.1, 0.15) is 88.3 Å². The molecule has 2 aromatic heterocycles. The van der Waals surface area contributed by atoms with E-state index in [9.17, 15) is 32.4 Å². The Morgan fingerprint density at radius 1 is 0.969 bits per heavy atom. The predicted octanol–water partition coefficient (Wildman–Crippen LogP) is 4.70. The number of rotatable bonds is 17. The Hall–Kier alpha value is -5.56. The Morgan fingerprint density at radius 3 is 2.14 bits per heavy atom. The number of benzene rings is 1. The van der Waals surface area contributed by atoms with Gasteiger partial charge in [0.15, 0.2) is 17.9 Å². The molecule has 4 rings (SSSR count). The van der Waals surface area contributed by atoms with Gasteiger partial charge in [0.2, 0.25) is 6.20 Å². The zero-order chi connectivity index (χ0) is 48.9. The largest absolute Gasteiger partial charge is 0.489 e. The molecule has 1 saturated heterocycles. The number of β-lactam (4-membered cyclic amide) rings is 1. The number of ether oxygens (including phenoxy) is 4. The lowest BCUT2D eigenvalue weighted by Gasteiger charge is -2.50. The molecule has 1 aliphatic rings. The van der Waals surface area contributed by atoms with Gasteiger partial charge in [-0.25, -0.2) is 19.4 Å². The van der Waals surface area contributed by atoms with Crippen molar-refractivity contribution in [3.8, 4) is 16.9 Å². The van der Waals surface area contributed by atoms with Crippen LogP contribution in [0.3, 0.4) is 0 Å². The molecule has 358 valence electrons. The van der Waals surface area contributed by atoms with E-state index in [4.69, 9.17) is 39.9 Å². The Bertz CT molecular complexity index is 2380. The second-order valence-electron chi connectivity index (χ2n) is 18.1. The number of oxime groups is 1. The summed E-state index contributed by atoms with van der Waals surface area (Å²) in [6.07, 6.45) is 1.56. The molecule has 1 fully saturated rings. The molecular weight excluding hydrogens is 916 g/mol. The molecule has 0 unspecified atom stereocenters. The number of halogens is 1. The summed E-state index contributed by atoms with van der Waals surface area (Å²) in [7, 11) is -3.22. The highest BCUT2D eigenvalue weighted by molar-refractivity contribution is 7.80. The number of amides is 4. The molecule has 0 saturated carbocycles. The zero-order valence-corrected chi connectivity index (χ0v) is 40.5. The number of hydroxylamine groups is 2. The van der Waals surface area contributed by atoms with E-state index < -0.39 is 87.2 Å². The molecule has 2 atom stereocenters. The molecule has 0 radical (unpaired) electrons. The molecule has 3 aromatic rings. The first-order valence-electron chi connectivity index (χ1n) is 20.0. The van der Waals surface area contributed by atoms with E-state index in [0.717, 1.165) is 22.5 Å². The standard InChI is InChI=1S/C40H55ClN8O14S2/c1-37(2,3)59-33(52)26(22-58-25-16-14-23(15-17-25)24-20-47(12)48(21-24)19-13-18-42-35(53)60-38(4,5)6)62-46-28(27-30(41)64-34(43-27)45-36(54)61-39(7,8)9)31(50)44-29-32(51)49(40(29,10)11)63-65(55,56)57/h14-17,20-21,26,29H,13,18-19,22H2,1-12H3,(H3-,42,43,44,45,50,53,54,55,56,57)/p+1/b46-28-/t26-,29+/m0/s1. The third-order valence-corrected chi connectivity index (χ3v) is 10.0. The SMILES string of the molecule is C[n+]1cc(-c2ccc(OC[C@H](O/N=C(\C(=O)N[C@@H]3C(=O)N(OS(=O)(=O)O)C3(C)C)c3nc(NC(=O)OC(C)(C)C)sc3Cl)C(=O)OC(C)(C)C)cc2)cn1CCCNC(=O)OC(C)(C)C. The van der Waals surface area contributed by atoms with Crippen molar-refractivity contribution in [2.24, 2.45) is 12.2 Å². The van der Waals surface area contributed by atoms with E-state index in [2.05, 4.69) is 30.4 Å². The smallest absolute Gasteiger partial charge is 0.418 e. The normalized spacial score (nSPS) is 15.9. The van der Waals surface area contributed by atoms with Gasteiger partial charge in [0.05, 0.1) is 23.8 Å². The number of nitrogens with one attached hydrogen (secondary N) is 3. The van der Waals surface area contributed by atoms with Gasteiger partial charge in [0, 0.05) is 6.54 Å². The van der Waals surface area contributed by atoms with Crippen molar-refractivity contribution < 1.29 is 69.7 Å². The minimum Gasteiger partial charge on any atom is -0.489 e. The quantitative estimate of drug-likeness (QED) is 0.0209. The fraction of sp³-hybridized carbons (Fsp3) is 0.550. The maximum atomic E-state index is 14.0. The van der Waals surface area contributed by atoms with Gasteiger partial charge in [-0.1, -0.05) is 40.2 Å². The summed E-state index contributed by atoms with van der Waals surface area (Å²) in [4.78, 5) is 74.8. The van der Waals surface area contributed by atoms with Gasteiger partial charge < -0.3 is 34.4 Å². The van der Waals surface area contributed by atoms with Gasteiger partial charge in [-0.05, 0) is 100 Å². The van der Waals surface area contributed by atoms with Crippen LogP contribution >= 0.6 is 22.9 Å². The molecule has 3 heterocycles. The van der Waals surface area contributed by atoms with Crippen LogP contribution in [-0.4, -0.2) is 111 Å². The highest BCUT2D eigenvalue weighted by atomic mass is 35.5. The van der Waals surface area contributed by atoms with E-state index in [-0.39, 0.29) is 15.2 Å². The first kappa shape index (κ1) is 52.1. The van der Waals surface area contributed by atoms with Crippen LogP contribution in [0.4, 0.5) is 14.7 Å². The molecule has 25 heteroatoms. The van der Waals surface area contributed by atoms with Crippen molar-refractivity contribution in [1.29, 1.82) is 0 Å². The van der Waals surface area contributed by atoms with Gasteiger partial charge >= 0.3 is 28.6 Å². The summed E-state index contributed by atoms with van der Waals surface area (Å²) in [5.74, 6) is -2.80. The lowest BCUT2D eigenvalue weighted by atomic mass is 9.84. The second kappa shape index (κ2) is 20.3. The molecule has 0 aliphatic carbocycles. The average molecular weight is 973 g/mol. The van der Waals surface area contributed by atoms with Crippen molar-refractivity contribution in [1.82, 2.24) is 25.4 Å². The topological polar surface area (TPSA) is 268 Å². The van der Waals surface area contributed by atoms with Crippen molar-refractivity contribution in [2.45, 2.75) is 124 Å². The predicted molar refractivity (Wildman–Crippen MR) is 235 cm³/mol. The maximum absolute atomic E-state index is 14.0. The Balaban J connectivity index is 1.56. The number of carbonyl (C=O) groups excluding carboxylic acids is 5. The Kier molecular flexibility index (Phi) is 16.3. The van der Waals surface area contributed by atoms with Crippen LogP contribution in [0.15, 0.2) is 41.8 Å². The summed E-state index contributed by atoms with van der Waals surface area (Å²) < 4.78 is 62.1. The average Bonchev–Trinajstić information content (AvgIpc) is 3.70. The summed E-state index contributed by atoms with van der Waals surface area (Å²) in [6.45, 7) is 18.4. The van der Waals surface area contributed by atoms with E-state index in [1.807, 2.05) is 40.9 Å². The van der Waals surface area contributed by atoms with E-state index in [1.54, 1.807) is 74.4 Å². The maximum Gasteiger partial charge on any atom is 0.418 e. The van der Waals surface area contributed by atoms with Gasteiger partial charge in [0.25, 0.3) is 17.9 Å². The van der Waals surface area contributed by atoms with Crippen molar-refractivity contribution in [2.75, 3.05) is 18.5 Å². The minimum atomic E-state index is -5.11. The summed E-state index contributed by atoms with van der Waals surface area (Å²) in [5.41, 5.74) is -3.29. The van der Waals surface area contributed by atoms with Crippen LogP contribution in [0.5, 0.6) is 5.75 Å². The lowest BCUT2D eigenvalue weighted by Crippen LogP contribution is -2.76. The number of esters is 1. The number of anilines is 1. The summed E-state index contributed by atoms with van der Waals surface area (Å²) in [6, 6.07) is 5.52. The number of nitrogens with zero attached hydrogens (tertiary/aromatic N) is 5. The van der Waals surface area contributed by atoms with Crippen molar-refractivity contribution >= 4 is 74.2 Å². The molecule has 4 N–H and O–H groups in total. The first-order chi connectivity index (χ1) is 29.8. The number of hydrogen-bond donors (Lipinski definition) is 4. The number of aromatic nitrogens is 3. The molecule has 4 amide bonds. The van der Waals surface area contributed by atoms with E-state index >= 15 is 0 Å². The van der Waals surface area contributed by atoms with Crippen LogP contribution in [0, 0.1) is 0 Å². The van der Waals surface area contributed by atoms with Crippen LogP contribution in [-0.2, 0) is 61.7 Å². The summed E-state index contributed by atoms with van der Waals surface area (Å²) >= 11 is 7.24. The molecular formula is C40H56ClN8O14S2+. The van der Waals surface area contributed by atoms with Crippen LogP contribution < -0.4 is 25.4 Å². The lowest BCUT2D eigenvalue weighted by molar-refractivity contribution is -0.753. The second-order valence-corrected chi connectivity index (χ2v) is 20.7. The highest BCUT2D eigenvalue weighted by Crippen LogP contribution is 2.34. The Morgan fingerprint density at radius 2 is 1.57 bits per heavy atom. The first-order valence-corrected chi connectivity index (χ1v) is 22.6. The van der Waals surface area contributed by atoms with Gasteiger partial charge in [0.1, 0.15) is 45.2 Å². The van der Waals surface area contributed by atoms with Crippen LogP contribution in [0.2, 0.25) is 4.34 Å². The number of hydrogen-bond acceptors (Lipinski definition) is 16. The number of carbonyl (C=O) groups is 5. The molecule has 65 heavy (non-hydrogen) atoms. The van der Waals surface area contributed by atoms with Gasteiger partial charge in [-0.3, -0.25) is 19.5 Å². The fourth-order valence-corrected chi connectivity index (χ4v) is 7.21. The van der Waals surface area contributed by atoms with Crippen molar-refractivity contribution in [3.63, 3.8) is 0 Å². The minimum absolute atomic E-state index is 0.124. The van der Waals surface area contributed by atoms with Gasteiger partial charge in [-0.2, -0.15) is 18.2 Å². The van der Waals surface area contributed by atoms with E-state index in [1.165, 1.54) is 13.8 Å². The number of alkyl carbamates (subject to hydrolysis) is 1. The molecule has 22 nitrogen and oxygen atoms in total. The van der Waals surface area contributed by atoms with Gasteiger partial charge in [-0.15, -0.1) is 8.97 Å². The number of thiazole rings is 1. The molecule has 0 bridgehead atoms. The monoisotopic (exact) mass is 971 g/mol. The molecule has 1 aromatic carbocycles. The highest BCUT2D eigenvalue weighted by Gasteiger charge is 2.58. The Labute approximate surface area is 385 Å². The van der Waals surface area contributed by atoms with Crippen LogP contribution in [0.25, 0.3) is 11.1 Å². The molecule has 0 spiro atoms. The zero-order valence-electron chi connectivity index (χ0n) is 38.1. The third kappa shape index (κ3) is 15.5.